The van der Waals surface area contributed by atoms with Gasteiger partial charge >= 0.3 is 0 Å². The van der Waals surface area contributed by atoms with E-state index in [2.05, 4.69) is 34.0 Å². The minimum absolute atomic E-state index is 0.000536. The van der Waals surface area contributed by atoms with Crippen LogP contribution in [0.5, 0.6) is 0 Å². The molecule has 0 spiro atoms. The number of hydrogen-bond acceptors (Lipinski definition) is 2. The van der Waals surface area contributed by atoms with Crippen molar-refractivity contribution in [2.75, 3.05) is 5.32 Å². The van der Waals surface area contributed by atoms with Gasteiger partial charge < -0.3 is 5.32 Å². The average molecular weight is 424 g/mol. The molecule has 0 saturated carbocycles. The van der Waals surface area contributed by atoms with E-state index in [0.29, 0.717) is 11.4 Å². The van der Waals surface area contributed by atoms with Crippen LogP contribution in [0.1, 0.15) is 22.1 Å². The number of carbonyl (C=O) groups excluding carboxylic acids is 1. The molecular weight excluding hydrogens is 416 g/mol. The second-order valence-electron chi connectivity index (χ2n) is 4.30. The van der Waals surface area contributed by atoms with Crippen molar-refractivity contribution >= 4 is 68.7 Å². The molecule has 0 radical (unpaired) electrons. The van der Waals surface area contributed by atoms with E-state index in [0.717, 1.165) is 22.4 Å². The van der Waals surface area contributed by atoms with Crippen LogP contribution in [-0.4, -0.2) is 5.91 Å². The number of carbonyl (C=O) groups is 1. The van der Waals surface area contributed by atoms with Gasteiger partial charge in [0, 0.05) is 10.7 Å². The summed E-state index contributed by atoms with van der Waals surface area (Å²) < 4.78 is 1.19. The maximum Gasteiger partial charge on any atom is 0.228 e. The molecule has 1 aromatic heterocycles. The van der Waals surface area contributed by atoms with Gasteiger partial charge in [-0.05, 0) is 62.9 Å². The van der Waals surface area contributed by atoms with Crippen LogP contribution in [0.4, 0.5) is 5.69 Å². The fourth-order valence-corrected chi connectivity index (χ4v) is 4.20. The van der Waals surface area contributed by atoms with E-state index in [1.54, 1.807) is 17.4 Å². The Hall–Kier alpha value is -0.300. The second kappa shape index (κ2) is 5.24. The Kier molecular flexibility index (Phi) is 3.77. The molecule has 2 nitrogen and oxygen atoms in total. The number of amides is 1. The SMILES string of the molecule is O=C1Cc2cc(C(Cl)c3csc(I)c3)c(Cl)cc2N1. The topological polar surface area (TPSA) is 29.1 Å². The highest BCUT2D eigenvalue weighted by Crippen LogP contribution is 2.39. The molecule has 6 heteroatoms. The first-order valence-corrected chi connectivity index (χ1v) is 8.32. The molecule has 1 atom stereocenters. The van der Waals surface area contributed by atoms with Crippen LogP contribution in [0.15, 0.2) is 23.6 Å². The van der Waals surface area contributed by atoms with Gasteiger partial charge in [0.05, 0.1) is 14.7 Å². The number of halogens is 3. The molecule has 1 unspecified atom stereocenters. The standard InChI is InChI=1S/C13H8Cl2INOS/c14-9-4-10-6(3-12(18)17-10)1-8(9)13(15)7-2-11(16)19-5-7/h1-2,4-5,13H,3H2,(H,17,18). The molecule has 1 aliphatic heterocycles. The smallest absolute Gasteiger partial charge is 0.228 e. The number of fused-ring (bicyclic) bond motifs is 1. The van der Waals surface area contributed by atoms with Crippen molar-refractivity contribution < 1.29 is 4.79 Å². The zero-order chi connectivity index (χ0) is 13.6. The zero-order valence-corrected chi connectivity index (χ0v) is 14.0. The van der Waals surface area contributed by atoms with Crippen LogP contribution in [0.25, 0.3) is 0 Å². The van der Waals surface area contributed by atoms with Gasteiger partial charge in [-0.15, -0.1) is 22.9 Å². The first-order valence-electron chi connectivity index (χ1n) is 5.55. The second-order valence-corrected chi connectivity index (χ2v) is 7.95. The van der Waals surface area contributed by atoms with Gasteiger partial charge in [-0.2, -0.15) is 0 Å². The van der Waals surface area contributed by atoms with Crippen molar-refractivity contribution in [3.05, 3.63) is 48.2 Å². The maximum absolute atomic E-state index is 11.4. The van der Waals surface area contributed by atoms with E-state index >= 15 is 0 Å². The first kappa shape index (κ1) is 13.7. The van der Waals surface area contributed by atoms with E-state index in [-0.39, 0.29) is 11.3 Å². The molecule has 1 N–H and O–H groups in total. The van der Waals surface area contributed by atoms with Crippen molar-refractivity contribution in [2.24, 2.45) is 0 Å². The Morgan fingerprint density at radius 2 is 2.16 bits per heavy atom. The van der Waals surface area contributed by atoms with Crippen LogP contribution in [0.2, 0.25) is 5.02 Å². The van der Waals surface area contributed by atoms with Crippen LogP contribution in [0.3, 0.4) is 0 Å². The highest BCUT2D eigenvalue weighted by molar-refractivity contribution is 14.1. The van der Waals surface area contributed by atoms with Crippen molar-refractivity contribution in [3.8, 4) is 0 Å². The summed E-state index contributed by atoms with van der Waals surface area (Å²) in [7, 11) is 0. The minimum Gasteiger partial charge on any atom is -0.325 e. The maximum atomic E-state index is 11.4. The zero-order valence-electron chi connectivity index (χ0n) is 9.54. The summed E-state index contributed by atoms with van der Waals surface area (Å²) >= 11 is 16.7. The van der Waals surface area contributed by atoms with E-state index in [4.69, 9.17) is 23.2 Å². The summed E-state index contributed by atoms with van der Waals surface area (Å²) in [5.74, 6) is -0.000536. The van der Waals surface area contributed by atoms with Crippen LogP contribution < -0.4 is 5.32 Å². The normalized spacial score (nSPS) is 15.2. The van der Waals surface area contributed by atoms with Gasteiger partial charge in [0.15, 0.2) is 0 Å². The molecule has 0 fully saturated rings. The van der Waals surface area contributed by atoms with Crippen molar-refractivity contribution in [1.29, 1.82) is 0 Å². The van der Waals surface area contributed by atoms with Gasteiger partial charge in [-0.3, -0.25) is 4.79 Å². The molecule has 98 valence electrons. The number of thiophene rings is 1. The Labute approximate surface area is 138 Å². The molecule has 1 amide bonds. The summed E-state index contributed by atoms with van der Waals surface area (Å²) in [6, 6.07) is 5.76. The summed E-state index contributed by atoms with van der Waals surface area (Å²) in [5, 5.41) is 5.12. The molecule has 1 aliphatic rings. The predicted molar refractivity (Wildman–Crippen MR) is 88.5 cm³/mol. The Balaban J connectivity index is 2.02. The summed E-state index contributed by atoms with van der Waals surface area (Å²) in [4.78, 5) is 11.4. The fraction of sp³-hybridized carbons (Fsp3) is 0.154. The third-order valence-corrected chi connectivity index (χ3v) is 5.62. The van der Waals surface area contributed by atoms with Gasteiger partial charge in [0.1, 0.15) is 0 Å². The molecule has 0 saturated heterocycles. The number of hydrogen-bond donors (Lipinski definition) is 1. The van der Waals surface area contributed by atoms with E-state index in [1.165, 1.54) is 2.88 Å². The molecule has 0 bridgehead atoms. The van der Waals surface area contributed by atoms with E-state index < -0.39 is 0 Å². The molecule has 2 heterocycles. The Bertz CT molecular complexity index is 671. The van der Waals surface area contributed by atoms with Crippen LogP contribution in [0, 0.1) is 2.88 Å². The van der Waals surface area contributed by atoms with Crippen molar-refractivity contribution in [2.45, 2.75) is 11.8 Å². The van der Waals surface area contributed by atoms with Gasteiger partial charge in [-0.1, -0.05) is 11.6 Å². The van der Waals surface area contributed by atoms with Gasteiger partial charge in [0.2, 0.25) is 5.91 Å². The first-order chi connectivity index (χ1) is 9.04. The number of benzene rings is 1. The lowest BCUT2D eigenvalue weighted by Gasteiger charge is -2.12. The van der Waals surface area contributed by atoms with Gasteiger partial charge in [-0.25, -0.2) is 0 Å². The van der Waals surface area contributed by atoms with Gasteiger partial charge in [0.25, 0.3) is 0 Å². The summed E-state index contributed by atoms with van der Waals surface area (Å²) in [6.07, 6.45) is 0.393. The number of rotatable bonds is 2. The monoisotopic (exact) mass is 423 g/mol. The minimum atomic E-state index is -0.284. The molecule has 1 aromatic carbocycles. The largest absolute Gasteiger partial charge is 0.325 e. The number of anilines is 1. The number of nitrogens with one attached hydrogen (secondary N) is 1. The third kappa shape index (κ3) is 2.63. The molecule has 0 aliphatic carbocycles. The van der Waals surface area contributed by atoms with Crippen molar-refractivity contribution in [3.63, 3.8) is 0 Å². The Morgan fingerprint density at radius 3 is 2.84 bits per heavy atom. The predicted octanol–water partition coefficient (Wildman–Crippen LogP) is 4.83. The quantitative estimate of drug-likeness (QED) is 0.544. The summed E-state index contributed by atoms with van der Waals surface area (Å²) in [6.45, 7) is 0. The van der Waals surface area contributed by atoms with E-state index in [9.17, 15) is 4.79 Å². The number of alkyl halides is 1. The highest BCUT2D eigenvalue weighted by atomic mass is 127. The van der Waals surface area contributed by atoms with Crippen LogP contribution in [-0.2, 0) is 11.2 Å². The Morgan fingerprint density at radius 1 is 1.37 bits per heavy atom. The lowest BCUT2D eigenvalue weighted by atomic mass is 10.0. The summed E-state index contributed by atoms with van der Waals surface area (Å²) in [5.41, 5.74) is 3.64. The molecule has 2 aromatic rings. The molecule has 3 rings (SSSR count). The average Bonchev–Trinajstić information content (AvgIpc) is 2.92. The molecule has 19 heavy (non-hydrogen) atoms. The van der Waals surface area contributed by atoms with Crippen LogP contribution >= 0.6 is 57.1 Å². The van der Waals surface area contributed by atoms with E-state index in [1.807, 2.05) is 11.4 Å². The third-order valence-electron chi connectivity index (χ3n) is 3.00. The lowest BCUT2D eigenvalue weighted by molar-refractivity contribution is -0.115. The molecular formula is C13H8Cl2INOS. The lowest BCUT2D eigenvalue weighted by Crippen LogP contribution is -2.03. The van der Waals surface area contributed by atoms with Crippen molar-refractivity contribution in [1.82, 2.24) is 0 Å². The highest BCUT2D eigenvalue weighted by Gasteiger charge is 2.23. The fourth-order valence-electron chi connectivity index (χ4n) is 2.10.